The lowest BCUT2D eigenvalue weighted by molar-refractivity contribution is -0.304. The topological polar surface area (TPSA) is 66.4 Å². The SMILES string of the molecule is COc1ccc(C(=O)/C=C/c2ccc(SC)cc2)cc1CC(=O)[O-]. The number of thioether (sulfide) groups is 1. The normalized spacial score (nSPS) is 10.8. The Balaban J connectivity index is 2.19. The molecule has 0 aromatic heterocycles. The number of methoxy groups -OCH3 is 1. The largest absolute Gasteiger partial charge is 0.550 e. The van der Waals surface area contributed by atoms with E-state index in [1.807, 2.05) is 30.5 Å². The fourth-order valence-corrected chi connectivity index (χ4v) is 2.62. The molecule has 2 aromatic rings. The highest BCUT2D eigenvalue weighted by atomic mass is 32.2. The molecule has 24 heavy (non-hydrogen) atoms. The lowest BCUT2D eigenvalue weighted by Gasteiger charge is -2.10. The molecule has 0 N–H and O–H groups in total. The number of aliphatic carboxylic acids is 1. The molecule has 0 amide bonds. The number of hydrogen-bond acceptors (Lipinski definition) is 5. The van der Waals surface area contributed by atoms with Gasteiger partial charge in [0.1, 0.15) is 5.75 Å². The number of carboxylic acids is 1. The molecule has 0 atom stereocenters. The highest BCUT2D eigenvalue weighted by Gasteiger charge is 2.08. The second-order valence-corrected chi connectivity index (χ2v) is 5.93. The molecule has 2 rings (SSSR count). The minimum atomic E-state index is -1.22. The maximum Gasteiger partial charge on any atom is 0.185 e. The Labute approximate surface area is 145 Å². The first-order valence-corrected chi connectivity index (χ1v) is 8.49. The van der Waals surface area contributed by atoms with E-state index in [1.54, 1.807) is 30.0 Å². The van der Waals surface area contributed by atoms with E-state index in [0.717, 1.165) is 10.5 Å². The third-order valence-corrected chi connectivity index (χ3v) is 4.19. The second kappa shape index (κ2) is 8.36. The molecule has 0 aliphatic carbocycles. The molecule has 0 radical (unpaired) electrons. The number of benzene rings is 2. The zero-order valence-corrected chi connectivity index (χ0v) is 14.3. The van der Waals surface area contributed by atoms with Gasteiger partial charge in [-0.15, -0.1) is 11.8 Å². The first-order valence-electron chi connectivity index (χ1n) is 7.26. The van der Waals surface area contributed by atoms with Crippen LogP contribution >= 0.6 is 11.8 Å². The molecule has 0 saturated carbocycles. The van der Waals surface area contributed by atoms with Crippen molar-refractivity contribution in [1.82, 2.24) is 0 Å². The average molecular weight is 341 g/mol. The van der Waals surface area contributed by atoms with E-state index in [4.69, 9.17) is 4.74 Å². The molecule has 0 unspecified atom stereocenters. The van der Waals surface area contributed by atoms with Gasteiger partial charge in [-0.1, -0.05) is 18.2 Å². The molecule has 0 spiro atoms. The number of rotatable bonds is 7. The van der Waals surface area contributed by atoms with Crippen LogP contribution in [0.1, 0.15) is 21.5 Å². The van der Waals surface area contributed by atoms with Crippen molar-refractivity contribution in [3.8, 4) is 5.75 Å². The zero-order chi connectivity index (χ0) is 17.5. The molecular formula is C19H17O4S-. The number of allylic oxidation sites excluding steroid dienone is 1. The predicted octanol–water partition coefficient (Wildman–Crippen LogP) is 2.61. The van der Waals surface area contributed by atoms with Crippen molar-refractivity contribution >= 4 is 29.6 Å². The molecule has 0 fully saturated rings. The van der Waals surface area contributed by atoms with Crippen LogP contribution in [0, 0.1) is 0 Å². The third-order valence-electron chi connectivity index (χ3n) is 3.44. The van der Waals surface area contributed by atoms with Gasteiger partial charge in [0.25, 0.3) is 0 Å². The average Bonchev–Trinajstić information content (AvgIpc) is 2.59. The van der Waals surface area contributed by atoms with Crippen molar-refractivity contribution in [2.45, 2.75) is 11.3 Å². The summed E-state index contributed by atoms with van der Waals surface area (Å²) in [6, 6.07) is 12.6. The van der Waals surface area contributed by atoms with Crippen LogP contribution in [-0.4, -0.2) is 25.1 Å². The highest BCUT2D eigenvalue weighted by molar-refractivity contribution is 7.98. The molecule has 0 aliphatic heterocycles. The van der Waals surface area contributed by atoms with Gasteiger partial charge < -0.3 is 14.6 Å². The van der Waals surface area contributed by atoms with Crippen LogP contribution < -0.4 is 9.84 Å². The first kappa shape index (κ1) is 17.8. The van der Waals surface area contributed by atoms with Gasteiger partial charge in [0.2, 0.25) is 0 Å². The van der Waals surface area contributed by atoms with Gasteiger partial charge in [-0.2, -0.15) is 0 Å². The summed E-state index contributed by atoms with van der Waals surface area (Å²) in [6.45, 7) is 0. The zero-order valence-electron chi connectivity index (χ0n) is 13.4. The molecule has 2 aromatic carbocycles. The van der Waals surface area contributed by atoms with Crippen molar-refractivity contribution in [1.29, 1.82) is 0 Å². The predicted molar refractivity (Wildman–Crippen MR) is 93.3 cm³/mol. The van der Waals surface area contributed by atoms with Crippen LogP contribution in [0.25, 0.3) is 6.08 Å². The van der Waals surface area contributed by atoms with Gasteiger partial charge in [0.15, 0.2) is 5.78 Å². The second-order valence-electron chi connectivity index (χ2n) is 5.05. The molecule has 0 bridgehead atoms. The van der Waals surface area contributed by atoms with Gasteiger partial charge in [-0.25, -0.2) is 0 Å². The fraction of sp³-hybridized carbons (Fsp3) is 0.158. The lowest BCUT2D eigenvalue weighted by Crippen LogP contribution is -2.24. The Bertz CT molecular complexity index is 763. The number of carbonyl (C=O) groups excluding carboxylic acids is 2. The summed E-state index contributed by atoms with van der Waals surface area (Å²) in [5.41, 5.74) is 1.75. The van der Waals surface area contributed by atoms with Gasteiger partial charge in [-0.05, 0) is 48.2 Å². The van der Waals surface area contributed by atoms with Gasteiger partial charge in [0, 0.05) is 28.4 Å². The minimum Gasteiger partial charge on any atom is -0.550 e. The maximum atomic E-state index is 12.3. The number of ether oxygens (including phenoxy) is 1. The van der Waals surface area contributed by atoms with Gasteiger partial charge in [-0.3, -0.25) is 4.79 Å². The van der Waals surface area contributed by atoms with E-state index in [1.165, 1.54) is 19.3 Å². The number of hydrogen-bond donors (Lipinski definition) is 0. The summed E-state index contributed by atoms with van der Waals surface area (Å²) < 4.78 is 5.11. The van der Waals surface area contributed by atoms with E-state index in [-0.39, 0.29) is 12.2 Å². The summed E-state index contributed by atoms with van der Waals surface area (Å²) in [5.74, 6) is -0.999. The summed E-state index contributed by atoms with van der Waals surface area (Å²) >= 11 is 1.65. The molecular weight excluding hydrogens is 324 g/mol. The van der Waals surface area contributed by atoms with Crippen molar-refractivity contribution < 1.29 is 19.4 Å². The molecule has 0 saturated heterocycles. The Kier molecular flexibility index (Phi) is 6.21. The Morgan fingerprint density at radius 1 is 1.17 bits per heavy atom. The fourth-order valence-electron chi connectivity index (χ4n) is 2.21. The third kappa shape index (κ3) is 4.73. The number of carboxylic acid groups (broad SMARTS) is 1. The lowest BCUT2D eigenvalue weighted by atomic mass is 10.0. The van der Waals surface area contributed by atoms with Crippen LogP contribution in [0.4, 0.5) is 0 Å². The van der Waals surface area contributed by atoms with Gasteiger partial charge >= 0.3 is 0 Å². The number of ketones is 1. The molecule has 5 heteroatoms. The standard InChI is InChI=1S/C19H18O4S/c1-23-18-10-6-14(11-15(18)12-19(21)22)17(20)9-5-13-3-7-16(24-2)8-4-13/h3-11H,12H2,1-2H3,(H,21,22)/p-1/b9-5+. The van der Waals surface area contributed by atoms with Crippen LogP contribution in [0.15, 0.2) is 53.4 Å². The quantitative estimate of drug-likeness (QED) is 0.440. The molecule has 124 valence electrons. The smallest absolute Gasteiger partial charge is 0.185 e. The van der Waals surface area contributed by atoms with Crippen molar-refractivity contribution in [3.63, 3.8) is 0 Å². The van der Waals surface area contributed by atoms with Crippen LogP contribution in [0.3, 0.4) is 0 Å². The molecule has 4 nitrogen and oxygen atoms in total. The maximum absolute atomic E-state index is 12.3. The Morgan fingerprint density at radius 3 is 2.46 bits per heavy atom. The Morgan fingerprint density at radius 2 is 1.88 bits per heavy atom. The van der Waals surface area contributed by atoms with E-state index >= 15 is 0 Å². The summed E-state index contributed by atoms with van der Waals surface area (Å²) in [5, 5.41) is 10.8. The van der Waals surface area contributed by atoms with Crippen LogP contribution in [-0.2, 0) is 11.2 Å². The van der Waals surface area contributed by atoms with Crippen LogP contribution in [0.5, 0.6) is 5.75 Å². The number of carbonyl (C=O) groups is 2. The van der Waals surface area contributed by atoms with Crippen molar-refractivity contribution in [2.24, 2.45) is 0 Å². The summed E-state index contributed by atoms with van der Waals surface area (Å²) in [4.78, 5) is 24.3. The minimum absolute atomic E-state index is 0.203. The summed E-state index contributed by atoms with van der Waals surface area (Å²) in [7, 11) is 1.45. The van der Waals surface area contributed by atoms with E-state index in [2.05, 4.69) is 0 Å². The van der Waals surface area contributed by atoms with Gasteiger partial charge in [0.05, 0.1) is 7.11 Å². The molecule has 0 heterocycles. The van der Waals surface area contributed by atoms with E-state index < -0.39 is 5.97 Å². The van der Waals surface area contributed by atoms with E-state index in [0.29, 0.717) is 16.9 Å². The monoisotopic (exact) mass is 341 g/mol. The highest BCUT2D eigenvalue weighted by Crippen LogP contribution is 2.21. The summed E-state index contributed by atoms with van der Waals surface area (Å²) in [6.07, 6.45) is 4.90. The Hall–Kier alpha value is -2.53. The van der Waals surface area contributed by atoms with Crippen LogP contribution in [0.2, 0.25) is 0 Å². The van der Waals surface area contributed by atoms with Crippen molar-refractivity contribution in [3.05, 3.63) is 65.2 Å². The first-order chi connectivity index (χ1) is 11.5. The molecule has 0 aliphatic rings. The van der Waals surface area contributed by atoms with Crippen molar-refractivity contribution in [2.75, 3.05) is 13.4 Å². The van der Waals surface area contributed by atoms with E-state index in [9.17, 15) is 14.7 Å².